The highest BCUT2D eigenvalue weighted by atomic mass is 16.2. The number of hydrogen-bond acceptors (Lipinski definition) is 3. The number of carbonyl (C=O) groups is 2. The van der Waals surface area contributed by atoms with E-state index >= 15 is 0 Å². The number of nitrogens with zero attached hydrogens (tertiary/aromatic N) is 2. The van der Waals surface area contributed by atoms with Crippen molar-refractivity contribution in [3.8, 4) is 0 Å². The fourth-order valence-corrected chi connectivity index (χ4v) is 2.17. The molecule has 0 aromatic carbocycles. The van der Waals surface area contributed by atoms with E-state index in [-0.39, 0.29) is 17.9 Å². The summed E-state index contributed by atoms with van der Waals surface area (Å²) in [6.45, 7) is 5.40. The number of rotatable bonds is 3. The molecule has 0 N–H and O–H groups in total. The number of likely N-dealkylation sites (N-methyl/N-ethyl adjacent to an activating group) is 1. The van der Waals surface area contributed by atoms with Gasteiger partial charge in [0.1, 0.15) is 5.78 Å². The predicted molar refractivity (Wildman–Crippen MR) is 63.1 cm³/mol. The molecule has 1 fully saturated rings. The molecule has 2 unspecified atom stereocenters. The Morgan fingerprint density at radius 1 is 1.56 bits per heavy atom. The van der Waals surface area contributed by atoms with E-state index in [4.69, 9.17) is 0 Å². The van der Waals surface area contributed by atoms with Crippen molar-refractivity contribution in [3.63, 3.8) is 0 Å². The van der Waals surface area contributed by atoms with Crippen molar-refractivity contribution >= 4 is 11.7 Å². The van der Waals surface area contributed by atoms with Crippen molar-refractivity contribution in [1.82, 2.24) is 9.80 Å². The summed E-state index contributed by atoms with van der Waals surface area (Å²) in [4.78, 5) is 27.1. The Kier molecular flexibility index (Phi) is 4.47. The molecule has 1 rings (SSSR count). The molecule has 1 amide bonds. The Morgan fingerprint density at radius 3 is 2.69 bits per heavy atom. The highest BCUT2D eigenvalue weighted by molar-refractivity contribution is 5.84. The first-order chi connectivity index (χ1) is 7.47. The normalized spacial score (nSPS) is 24.2. The van der Waals surface area contributed by atoms with Gasteiger partial charge in [0.05, 0.1) is 6.04 Å². The van der Waals surface area contributed by atoms with Gasteiger partial charge in [-0.1, -0.05) is 6.92 Å². The number of likely N-dealkylation sites (tertiary alicyclic amines) is 1. The zero-order valence-electron chi connectivity index (χ0n) is 10.7. The van der Waals surface area contributed by atoms with Crippen LogP contribution in [0, 0.1) is 5.92 Å². The van der Waals surface area contributed by atoms with Gasteiger partial charge in [0.2, 0.25) is 5.91 Å². The Morgan fingerprint density at radius 2 is 2.19 bits per heavy atom. The van der Waals surface area contributed by atoms with Crippen molar-refractivity contribution in [2.75, 3.05) is 27.2 Å². The van der Waals surface area contributed by atoms with Crippen LogP contribution in [0.2, 0.25) is 0 Å². The van der Waals surface area contributed by atoms with Crippen molar-refractivity contribution in [3.05, 3.63) is 0 Å². The van der Waals surface area contributed by atoms with Crippen molar-refractivity contribution in [2.24, 2.45) is 5.92 Å². The van der Waals surface area contributed by atoms with Gasteiger partial charge in [-0.2, -0.15) is 0 Å². The van der Waals surface area contributed by atoms with Crippen LogP contribution in [0.25, 0.3) is 0 Å². The summed E-state index contributed by atoms with van der Waals surface area (Å²) in [6, 6.07) is -0.114. The molecule has 1 aliphatic heterocycles. The molecular formula is C12H22N2O2. The van der Waals surface area contributed by atoms with E-state index in [1.807, 2.05) is 13.8 Å². The number of hydrogen-bond donors (Lipinski definition) is 0. The monoisotopic (exact) mass is 226 g/mol. The van der Waals surface area contributed by atoms with Gasteiger partial charge in [0, 0.05) is 39.5 Å². The maximum atomic E-state index is 11.8. The van der Waals surface area contributed by atoms with Gasteiger partial charge in [-0.3, -0.25) is 14.5 Å². The lowest BCUT2D eigenvalue weighted by molar-refractivity contribution is -0.137. The molecule has 0 bridgehead atoms. The zero-order valence-corrected chi connectivity index (χ0v) is 10.7. The van der Waals surface area contributed by atoms with Crippen LogP contribution in [-0.4, -0.2) is 54.7 Å². The predicted octanol–water partition coefficient (Wildman–Crippen LogP) is 0.764. The van der Waals surface area contributed by atoms with E-state index in [0.29, 0.717) is 12.2 Å². The minimum absolute atomic E-state index is 0.114. The molecule has 92 valence electrons. The van der Waals surface area contributed by atoms with Gasteiger partial charge >= 0.3 is 0 Å². The van der Waals surface area contributed by atoms with Crippen LogP contribution in [0.5, 0.6) is 0 Å². The van der Waals surface area contributed by atoms with E-state index in [9.17, 15) is 9.59 Å². The quantitative estimate of drug-likeness (QED) is 0.713. The highest BCUT2D eigenvalue weighted by Gasteiger charge is 2.31. The molecule has 1 saturated heterocycles. The van der Waals surface area contributed by atoms with E-state index < -0.39 is 0 Å². The maximum absolute atomic E-state index is 11.8. The van der Waals surface area contributed by atoms with Crippen LogP contribution >= 0.6 is 0 Å². The minimum atomic E-state index is -0.114. The van der Waals surface area contributed by atoms with Crippen LogP contribution in [-0.2, 0) is 9.59 Å². The third-order valence-corrected chi connectivity index (χ3v) is 3.39. The van der Waals surface area contributed by atoms with Crippen LogP contribution in [0.15, 0.2) is 0 Å². The summed E-state index contributed by atoms with van der Waals surface area (Å²) in [5, 5.41) is 0. The Hall–Kier alpha value is -0.900. The molecule has 2 atom stereocenters. The molecule has 1 heterocycles. The molecule has 0 aliphatic carbocycles. The van der Waals surface area contributed by atoms with Gasteiger partial charge in [0.25, 0.3) is 0 Å². The Bertz CT molecular complexity index is 276. The van der Waals surface area contributed by atoms with Crippen molar-refractivity contribution in [1.29, 1.82) is 0 Å². The molecule has 4 nitrogen and oxygen atoms in total. The van der Waals surface area contributed by atoms with Gasteiger partial charge in [0.15, 0.2) is 0 Å². The molecule has 0 spiro atoms. The number of amides is 1. The third kappa shape index (κ3) is 2.82. The van der Waals surface area contributed by atoms with Crippen LogP contribution < -0.4 is 0 Å². The van der Waals surface area contributed by atoms with Gasteiger partial charge in [-0.15, -0.1) is 0 Å². The lowest BCUT2D eigenvalue weighted by Crippen LogP contribution is -2.50. The molecule has 1 aliphatic rings. The Balaban J connectivity index is 2.61. The number of Topliss-reactive ketones (excluding diaryl/α,β-unsaturated/α-hetero) is 1. The second kappa shape index (κ2) is 5.43. The molecule has 0 saturated carbocycles. The molecule has 16 heavy (non-hydrogen) atoms. The second-order valence-electron chi connectivity index (χ2n) is 4.73. The lowest BCUT2D eigenvalue weighted by atomic mass is 9.93. The zero-order chi connectivity index (χ0) is 12.3. The van der Waals surface area contributed by atoms with E-state index in [2.05, 4.69) is 4.90 Å². The molecule has 4 heteroatoms. The smallest absolute Gasteiger partial charge is 0.239 e. The summed E-state index contributed by atoms with van der Waals surface area (Å²) in [7, 11) is 3.54. The first kappa shape index (κ1) is 13.2. The molecule has 0 aromatic heterocycles. The fourth-order valence-electron chi connectivity index (χ4n) is 2.17. The van der Waals surface area contributed by atoms with Crippen LogP contribution in [0.1, 0.15) is 26.7 Å². The van der Waals surface area contributed by atoms with E-state index in [0.717, 1.165) is 19.5 Å². The van der Waals surface area contributed by atoms with Crippen molar-refractivity contribution in [2.45, 2.75) is 32.7 Å². The minimum Gasteiger partial charge on any atom is -0.347 e. The highest BCUT2D eigenvalue weighted by Crippen LogP contribution is 2.18. The average Bonchev–Trinajstić information content (AvgIpc) is 2.27. The number of piperidine rings is 1. The average molecular weight is 226 g/mol. The first-order valence-corrected chi connectivity index (χ1v) is 5.95. The van der Waals surface area contributed by atoms with Gasteiger partial charge in [-0.05, 0) is 13.3 Å². The number of ketones is 1. The summed E-state index contributed by atoms with van der Waals surface area (Å²) < 4.78 is 0. The first-order valence-electron chi connectivity index (χ1n) is 5.95. The molecular weight excluding hydrogens is 204 g/mol. The van der Waals surface area contributed by atoms with Crippen LogP contribution in [0.3, 0.4) is 0 Å². The lowest BCUT2D eigenvalue weighted by Gasteiger charge is -2.35. The summed E-state index contributed by atoms with van der Waals surface area (Å²) in [6.07, 6.45) is 1.46. The van der Waals surface area contributed by atoms with Crippen LogP contribution in [0.4, 0.5) is 0 Å². The summed E-state index contributed by atoms with van der Waals surface area (Å²) in [5.41, 5.74) is 0. The van der Waals surface area contributed by atoms with E-state index in [1.165, 1.54) is 0 Å². The molecule has 0 radical (unpaired) electrons. The number of carbonyl (C=O) groups excluding carboxylic acids is 2. The maximum Gasteiger partial charge on any atom is 0.239 e. The SMILES string of the molecule is CCC1CN(C(C)C(=O)N(C)C)CCC1=O. The van der Waals surface area contributed by atoms with Gasteiger partial charge < -0.3 is 4.90 Å². The molecule has 0 aromatic rings. The fraction of sp³-hybridized carbons (Fsp3) is 0.833. The Labute approximate surface area is 97.6 Å². The van der Waals surface area contributed by atoms with Gasteiger partial charge in [-0.25, -0.2) is 0 Å². The van der Waals surface area contributed by atoms with E-state index in [1.54, 1.807) is 19.0 Å². The summed E-state index contributed by atoms with van der Waals surface area (Å²) in [5.74, 6) is 0.582. The largest absolute Gasteiger partial charge is 0.347 e. The summed E-state index contributed by atoms with van der Waals surface area (Å²) >= 11 is 0. The van der Waals surface area contributed by atoms with Crippen molar-refractivity contribution < 1.29 is 9.59 Å². The topological polar surface area (TPSA) is 40.6 Å². The second-order valence-corrected chi connectivity index (χ2v) is 4.73. The third-order valence-electron chi connectivity index (χ3n) is 3.39. The standard InChI is InChI=1S/C12H22N2O2/c1-5-10-8-14(7-6-11(10)15)9(2)12(16)13(3)4/h9-10H,5-8H2,1-4H3.